The Bertz CT molecular complexity index is 1750. The van der Waals surface area contributed by atoms with Gasteiger partial charge in [0, 0.05) is 29.2 Å². The number of hydrogen-bond donors (Lipinski definition) is 5. The van der Waals surface area contributed by atoms with Gasteiger partial charge in [-0.3, -0.25) is 10.8 Å². The number of anilines is 3. The maximum atomic E-state index is 13.7. The molecule has 0 fully saturated rings. The summed E-state index contributed by atoms with van der Waals surface area (Å²) in [6.45, 7) is 0. The van der Waals surface area contributed by atoms with Crippen LogP contribution in [0, 0.1) is 17.1 Å². The van der Waals surface area contributed by atoms with Crippen LogP contribution in [0.25, 0.3) is 21.1 Å². The van der Waals surface area contributed by atoms with Crippen LogP contribution in [0.15, 0.2) is 72.1 Å². The van der Waals surface area contributed by atoms with Gasteiger partial charge in [0.25, 0.3) is 0 Å². The van der Waals surface area contributed by atoms with Gasteiger partial charge < -0.3 is 21.8 Å². The van der Waals surface area contributed by atoms with Crippen molar-refractivity contribution >= 4 is 72.7 Å². The standard InChI is InChI=1S/C26H19Cl2FN8S/c27-18-7-15(2-3-20(18)29)36-24-14(9-30)10-33-26-17(24)6-16(8-19(26)28)37-25(21(31)11-35-32)13-1-4-22-23(5-13)38-12-34-22/h1-8,10-12,25,35,37H,31-32H2,(H,33,36)/b21-11-/t25-/m0/s1. The lowest BCUT2D eigenvalue weighted by atomic mass is 10.0. The number of benzene rings is 3. The topological polar surface area (TPSA) is 138 Å². The van der Waals surface area contributed by atoms with Crippen molar-refractivity contribution in [1.82, 2.24) is 15.4 Å². The lowest BCUT2D eigenvalue weighted by Crippen LogP contribution is -2.23. The van der Waals surface area contributed by atoms with E-state index in [1.54, 1.807) is 11.6 Å². The molecule has 7 N–H and O–H groups in total. The zero-order valence-electron chi connectivity index (χ0n) is 19.5. The minimum absolute atomic E-state index is 0.0521. The first kappa shape index (κ1) is 25.5. The van der Waals surface area contributed by atoms with Crippen LogP contribution in [0.2, 0.25) is 10.0 Å². The van der Waals surface area contributed by atoms with Crippen molar-refractivity contribution < 1.29 is 4.39 Å². The minimum Gasteiger partial charge on any atom is -0.399 e. The van der Waals surface area contributed by atoms with Crippen LogP contribution in [-0.2, 0) is 0 Å². The van der Waals surface area contributed by atoms with Crippen LogP contribution in [0.5, 0.6) is 0 Å². The Labute approximate surface area is 230 Å². The van der Waals surface area contributed by atoms with E-state index in [1.807, 2.05) is 24.3 Å². The first-order valence-electron chi connectivity index (χ1n) is 11.1. The van der Waals surface area contributed by atoms with Crippen LogP contribution in [0.3, 0.4) is 0 Å². The van der Waals surface area contributed by atoms with Gasteiger partial charge in [0.15, 0.2) is 0 Å². The van der Waals surface area contributed by atoms with E-state index in [4.69, 9.17) is 34.8 Å². The summed E-state index contributed by atoms with van der Waals surface area (Å²) < 4.78 is 14.7. The second kappa shape index (κ2) is 10.7. The third kappa shape index (κ3) is 5.01. The molecule has 0 unspecified atom stereocenters. The third-order valence-corrected chi connectivity index (χ3v) is 7.19. The summed E-state index contributed by atoms with van der Waals surface area (Å²) in [6.07, 6.45) is 2.92. The van der Waals surface area contributed by atoms with E-state index in [1.165, 1.54) is 41.9 Å². The Balaban J connectivity index is 1.61. The van der Waals surface area contributed by atoms with E-state index in [0.717, 1.165) is 15.8 Å². The Hall–Kier alpha value is -4.14. The van der Waals surface area contributed by atoms with E-state index >= 15 is 0 Å². The van der Waals surface area contributed by atoms with Gasteiger partial charge in [-0.2, -0.15) is 5.26 Å². The molecule has 0 saturated carbocycles. The number of pyridine rings is 1. The molecule has 5 rings (SSSR count). The molecule has 8 nitrogen and oxygen atoms in total. The lowest BCUT2D eigenvalue weighted by Gasteiger charge is -2.22. The monoisotopic (exact) mass is 564 g/mol. The smallest absolute Gasteiger partial charge is 0.141 e. The molecule has 0 aliphatic rings. The molecule has 0 bridgehead atoms. The number of fused-ring (bicyclic) bond motifs is 2. The number of aromatic nitrogens is 2. The molecule has 0 aliphatic carbocycles. The van der Waals surface area contributed by atoms with Crippen molar-refractivity contribution in [3.05, 3.63) is 99.1 Å². The molecule has 0 spiro atoms. The normalized spacial score (nSPS) is 12.3. The zero-order chi connectivity index (χ0) is 26.8. The lowest BCUT2D eigenvalue weighted by molar-refractivity contribution is 0.628. The number of hydrogen-bond acceptors (Lipinski definition) is 9. The highest BCUT2D eigenvalue weighted by Gasteiger charge is 2.19. The van der Waals surface area contributed by atoms with Crippen molar-refractivity contribution in [1.29, 1.82) is 5.26 Å². The van der Waals surface area contributed by atoms with Crippen LogP contribution in [0.4, 0.5) is 21.5 Å². The second-order valence-electron chi connectivity index (χ2n) is 8.23. The molecule has 38 heavy (non-hydrogen) atoms. The molecular formula is C26H19Cl2FN8S. The van der Waals surface area contributed by atoms with Gasteiger partial charge in [-0.1, -0.05) is 29.3 Å². The molecule has 5 aromatic rings. The molecule has 190 valence electrons. The van der Waals surface area contributed by atoms with Crippen LogP contribution < -0.4 is 27.6 Å². The van der Waals surface area contributed by atoms with Gasteiger partial charge in [-0.25, -0.2) is 9.37 Å². The van der Waals surface area contributed by atoms with Gasteiger partial charge >= 0.3 is 0 Å². The van der Waals surface area contributed by atoms with E-state index in [9.17, 15) is 9.65 Å². The fourth-order valence-corrected chi connectivity index (χ4v) is 5.21. The number of thiazole rings is 1. The number of nitriles is 1. The predicted molar refractivity (Wildman–Crippen MR) is 152 cm³/mol. The number of nitrogens with zero attached hydrogens (tertiary/aromatic N) is 3. The van der Waals surface area contributed by atoms with Gasteiger partial charge in [-0.15, -0.1) is 11.3 Å². The minimum atomic E-state index is -0.549. The Morgan fingerprint density at radius 2 is 1.89 bits per heavy atom. The average molecular weight is 565 g/mol. The summed E-state index contributed by atoms with van der Waals surface area (Å²) in [5.74, 6) is 4.96. The maximum absolute atomic E-state index is 13.7. The highest BCUT2D eigenvalue weighted by molar-refractivity contribution is 7.16. The van der Waals surface area contributed by atoms with E-state index in [0.29, 0.717) is 38.7 Å². The molecule has 2 aromatic heterocycles. The number of nitrogens with one attached hydrogen (secondary N) is 3. The molecule has 12 heteroatoms. The summed E-state index contributed by atoms with van der Waals surface area (Å²) in [5, 5.41) is 17.2. The predicted octanol–water partition coefficient (Wildman–Crippen LogP) is 6.32. The molecule has 0 amide bonds. The molecule has 0 radical (unpaired) electrons. The maximum Gasteiger partial charge on any atom is 0.141 e. The van der Waals surface area contributed by atoms with Crippen molar-refractivity contribution in [3.63, 3.8) is 0 Å². The van der Waals surface area contributed by atoms with Gasteiger partial charge in [-0.05, 0) is 48.0 Å². The van der Waals surface area contributed by atoms with Crippen molar-refractivity contribution in [2.45, 2.75) is 6.04 Å². The SMILES string of the molecule is N#Cc1cnc2c(Cl)cc(N[C@H](/C(N)=C/NN)c3ccc4ncsc4c3)cc2c1Nc1ccc(F)c(Cl)c1. The second-order valence-corrected chi connectivity index (χ2v) is 9.94. The molecule has 0 saturated heterocycles. The number of nitrogens with two attached hydrogens (primary N) is 2. The summed E-state index contributed by atoms with van der Waals surface area (Å²) >= 11 is 14.1. The van der Waals surface area contributed by atoms with Crippen molar-refractivity contribution in [2.24, 2.45) is 11.6 Å². The molecule has 2 heterocycles. The van der Waals surface area contributed by atoms with Crippen LogP contribution >= 0.6 is 34.5 Å². The third-order valence-electron chi connectivity index (χ3n) is 5.82. The molecular weight excluding hydrogens is 546 g/mol. The Kier molecular flexibility index (Phi) is 7.18. The molecule has 1 atom stereocenters. The van der Waals surface area contributed by atoms with Gasteiger partial charge in [0.2, 0.25) is 0 Å². The summed E-state index contributed by atoms with van der Waals surface area (Å²) in [5.41, 5.74) is 15.1. The summed E-state index contributed by atoms with van der Waals surface area (Å²) in [7, 11) is 0. The number of hydrazine groups is 1. The molecule has 0 aliphatic heterocycles. The number of rotatable bonds is 7. The highest BCUT2D eigenvalue weighted by Crippen LogP contribution is 2.37. The zero-order valence-corrected chi connectivity index (χ0v) is 21.8. The Morgan fingerprint density at radius 3 is 2.66 bits per heavy atom. The fourth-order valence-electron chi connectivity index (χ4n) is 4.04. The van der Waals surface area contributed by atoms with Gasteiger partial charge in [0.05, 0.1) is 54.3 Å². The van der Waals surface area contributed by atoms with E-state index < -0.39 is 11.9 Å². The highest BCUT2D eigenvalue weighted by atomic mass is 35.5. The first-order valence-corrected chi connectivity index (χ1v) is 12.8. The summed E-state index contributed by atoms with van der Waals surface area (Å²) in [4.78, 5) is 8.71. The van der Waals surface area contributed by atoms with Crippen LogP contribution in [-0.4, -0.2) is 9.97 Å². The average Bonchev–Trinajstić information content (AvgIpc) is 3.38. The van der Waals surface area contributed by atoms with E-state index in [2.05, 4.69) is 32.1 Å². The molecule has 3 aromatic carbocycles. The Morgan fingerprint density at radius 1 is 1.08 bits per heavy atom. The largest absolute Gasteiger partial charge is 0.399 e. The van der Waals surface area contributed by atoms with E-state index in [-0.39, 0.29) is 10.6 Å². The number of halogens is 3. The van der Waals surface area contributed by atoms with Crippen molar-refractivity contribution in [3.8, 4) is 6.07 Å². The quantitative estimate of drug-likeness (QED) is 0.114. The van der Waals surface area contributed by atoms with Gasteiger partial charge in [0.1, 0.15) is 11.9 Å². The van der Waals surface area contributed by atoms with Crippen molar-refractivity contribution in [2.75, 3.05) is 10.6 Å². The fraction of sp³-hybridized carbons (Fsp3) is 0.0385. The van der Waals surface area contributed by atoms with Crippen LogP contribution in [0.1, 0.15) is 17.2 Å². The summed E-state index contributed by atoms with van der Waals surface area (Å²) in [6, 6.07) is 15.2. The first-order chi connectivity index (χ1) is 18.4.